The monoisotopic (exact) mass is 694 g/mol. The first-order valence-corrected chi connectivity index (χ1v) is 15.5. The van der Waals surface area contributed by atoms with Gasteiger partial charge < -0.3 is 14.8 Å². The lowest BCUT2D eigenvalue weighted by Crippen LogP contribution is -2.28. The van der Waals surface area contributed by atoms with Gasteiger partial charge in [-0.15, -0.1) is 0 Å². The molecule has 41 heavy (non-hydrogen) atoms. The molecule has 208 valence electrons. The van der Waals surface area contributed by atoms with Gasteiger partial charge >= 0.3 is 0 Å². The maximum atomic E-state index is 6.34. The summed E-state index contributed by atoms with van der Waals surface area (Å²) in [4.78, 5) is 4.76. The van der Waals surface area contributed by atoms with Crippen molar-refractivity contribution in [2.75, 3.05) is 11.9 Å². The molecule has 0 amide bonds. The first kappa shape index (κ1) is 28.1. The maximum absolute atomic E-state index is 6.34. The minimum atomic E-state index is 0.272. The van der Waals surface area contributed by atoms with E-state index in [4.69, 9.17) is 37.7 Å². The molecule has 0 unspecified atom stereocenters. The van der Waals surface area contributed by atoms with Crippen molar-refractivity contribution in [2.45, 2.75) is 31.9 Å². The fourth-order valence-electron chi connectivity index (χ4n) is 5.64. The number of nitrogens with one attached hydrogen (secondary N) is 1. The molecule has 1 aliphatic carbocycles. The largest absolute Gasteiger partial charge is 0.490 e. The van der Waals surface area contributed by atoms with Crippen molar-refractivity contribution in [3.63, 3.8) is 0 Å². The zero-order chi connectivity index (χ0) is 28.3. The van der Waals surface area contributed by atoms with Gasteiger partial charge in [0.25, 0.3) is 0 Å². The Morgan fingerprint density at radius 1 is 1.00 bits per heavy atom. The number of anilines is 1. The third-order valence-corrected chi connectivity index (χ3v) is 8.99. The third-order valence-electron chi connectivity index (χ3n) is 7.61. The summed E-state index contributed by atoms with van der Waals surface area (Å²) in [5.74, 6) is 2.34. The smallest absolute Gasteiger partial charge is 0.175 e. The fraction of sp³-hybridized carbons (Fsp3) is 0.206. The number of nitrogens with zero attached hydrogens (tertiary/aromatic N) is 1. The minimum absolute atomic E-state index is 0.272. The molecule has 0 radical (unpaired) electrons. The van der Waals surface area contributed by atoms with Crippen LogP contribution in [0, 0.1) is 9.49 Å². The molecule has 0 bridgehead atoms. The first-order valence-electron chi connectivity index (χ1n) is 13.7. The molecule has 7 heteroatoms. The highest BCUT2D eigenvalue weighted by Crippen LogP contribution is 2.49. The highest BCUT2D eigenvalue weighted by atomic mass is 127. The van der Waals surface area contributed by atoms with Crippen molar-refractivity contribution in [1.82, 2.24) is 0 Å². The number of para-hydroxylation sites is 1. The van der Waals surface area contributed by atoms with Gasteiger partial charge in [-0.1, -0.05) is 71.8 Å². The van der Waals surface area contributed by atoms with E-state index >= 15 is 0 Å². The molecule has 0 saturated heterocycles. The van der Waals surface area contributed by atoms with Gasteiger partial charge in [0.1, 0.15) is 6.61 Å². The molecule has 0 fully saturated rings. The van der Waals surface area contributed by atoms with Crippen molar-refractivity contribution in [2.24, 2.45) is 10.9 Å². The SMILES string of the molecule is CCOc1cc(C=Nc2ccc([C@@H]3Nc4ccccc4[C@H]4C=CC[C@H]43)cc2)cc(I)c1OCc1ccc(Cl)cc1Cl. The van der Waals surface area contributed by atoms with Crippen molar-refractivity contribution in [3.8, 4) is 11.5 Å². The summed E-state index contributed by atoms with van der Waals surface area (Å²) >= 11 is 14.6. The van der Waals surface area contributed by atoms with E-state index < -0.39 is 0 Å². The van der Waals surface area contributed by atoms with Crippen molar-refractivity contribution in [1.29, 1.82) is 0 Å². The van der Waals surface area contributed by atoms with Crippen LogP contribution in [0.4, 0.5) is 11.4 Å². The molecule has 1 aliphatic heterocycles. The number of ether oxygens (including phenoxy) is 2. The summed E-state index contributed by atoms with van der Waals surface area (Å²) in [5.41, 5.74) is 6.61. The Hall–Kier alpha value is -3.00. The molecule has 0 spiro atoms. The number of hydrogen-bond donors (Lipinski definition) is 1. The first-order chi connectivity index (χ1) is 20.0. The van der Waals surface area contributed by atoms with Crippen LogP contribution in [0.15, 0.2) is 96.0 Å². The Labute approximate surface area is 264 Å². The molecule has 0 aromatic heterocycles. The van der Waals surface area contributed by atoms with Crippen LogP contribution in [0.1, 0.15) is 47.6 Å². The summed E-state index contributed by atoms with van der Waals surface area (Å²) < 4.78 is 13.0. The van der Waals surface area contributed by atoms with E-state index in [-0.39, 0.29) is 6.04 Å². The minimum Gasteiger partial charge on any atom is -0.490 e. The van der Waals surface area contributed by atoms with Crippen LogP contribution in [0.5, 0.6) is 11.5 Å². The Bertz CT molecular complexity index is 1620. The van der Waals surface area contributed by atoms with Crippen molar-refractivity contribution in [3.05, 3.63) is 127 Å². The second kappa shape index (κ2) is 12.5. The molecule has 4 aromatic rings. The van der Waals surface area contributed by atoms with Crippen LogP contribution in [-0.4, -0.2) is 12.8 Å². The number of aliphatic imine (C=N–C) groups is 1. The summed E-state index contributed by atoms with van der Waals surface area (Å²) in [5, 5.41) is 4.97. The van der Waals surface area contributed by atoms with E-state index in [0.717, 1.165) is 26.8 Å². The average Bonchev–Trinajstić information content (AvgIpc) is 3.47. The lowest BCUT2D eigenvalue weighted by Gasteiger charge is -2.37. The summed E-state index contributed by atoms with van der Waals surface area (Å²) in [7, 11) is 0. The number of fused-ring (bicyclic) bond motifs is 3. The molecule has 0 saturated carbocycles. The molecule has 1 heterocycles. The number of benzene rings is 4. The molecular weight excluding hydrogens is 666 g/mol. The van der Waals surface area contributed by atoms with Crippen LogP contribution in [0.2, 0.25) is 10.0 Å². The predicted molar refractivity (Wildman–Crippen MR) is 178 cm³/mol. The highest BCUT2D eigenvalue weighted by molar-refractivity contribution is 14.1. The van der Waals surface area contributed by atoms with Crippen LogP contribution < -0.4 is 14.8 Å². The van der Waals surface area contributed by atoms with Crippen LogP contribution in [0.3, 0.4) is 0 Å². The van der Waals surface area contributed by atoms with Gasteiger partial charge in [0.05, 0.1) is 21.9 Å². The lowest BCUT2D eigenvalue weighted by atomic mass is 9.77. The molecular formula is C34H29Cl2IN2O2. The Kier molecular flexibility index (Phi) is 8.56. The van der Waals surface area contributed by atoms with Gasteiger partial charge in [-0.2, -0.15) is 0 Å². The van der Waals surface area contributed by atoms with E-state index in [1.807, 2.05) is 31.3 Å². The third kappa shape index (κ3) is 6.13. The van der Waals surface area contributed by atoms with Crippen LogP contribution in [0.25, 0.3) is 0 Å². The lowest BCUT2D eigenvalue weighted by molar-refractivity contribution is 0.267. The summed E-state index contributed by atoms with van der Waals surface area (Å²) in [6.45, 7) is 2.79. The van der Waals surface area contributed by atoms with Gasteiger partial charge in [-0.25, -0.2) is 0 Å². The van der Waals surface area contributed by atoms with Crippen molar-refractivity contribution < 1.29 is 9.47 Å². The van der Waals surface area contributed by atoms with Gasteiger partial charge in [0, 0.05) is 33.4 Å². The number of hydrogen-bond acceptors (Lipinski definition) is 4. The Balaban J connectivity index is 1.18. The van der Waals surface area contributed by atoms with E-state index in [1.165, 1.54) is 16.8 Å². The zero-order valence-electron chi connectivity index (χ0n) is 22.5. The second-order valence-corrected chi connectivity index (χ2v) is 12.2. The molecule has 6 rings (SSSR count). The molecule has 3 atom stereocenters. The second-order valence-electron chi connectivity index (χ2n) is 10.2. The van der Waals surface area contributed by atoms with Gasteiger partial charge in [-0.05, 0) is 101 Å². The number of allylic oxidation sites excluding steroid dienone is 2. The van der Waals surface area contributed by atoms with E-state index in [0.29, 0.717) is 46.6 Å². The van der Waals surface area contributed by atoms with Gasteiger partial charge in [0.2, 0.25) is 0 Å². The quantitative estimate of drug-likeness (QED) is 0.113. The van der Waals surface area contributed by atoms with Crippen molar-refractivity contribution >= 4 is 63.4 Å². The average molecular weight is 695 g/mol. The topological polar surface area (TPSA) is 42.8 Å². The van der Waals surface area contributed by atoms with Crippen LogP contribution >= 0.6 is 45.8 Å². The maximum Gasteiger partial charge on any atom is 0.175 e. The molecule has 2 aliphatic rings. The molecule has 4 aromatic carbocycles. The predicted octanol–water partition coefficient (Wildman–Crippen LogP) is 10.2. The normalized spacial score (nSPS) is 19.1. The van der Waals surface area contributed by atoms with E-state index in [9.17, 15) is 0 Å². The summed E-state index contributed by atoms with van der Waals surface area (Å²) in [6, 6.07) is 26.9. The Morgan fingerprint density at radius 2 is 1.83 bits per heavy atom. The van der Waals surface area contributed by atoms with Gasteiger partial charge in [0.15, 0.2) is 11.5 Å². The zero-order valence-corrected chi connectivity index (χ0v) is 26.2. The summed E-state index contributed by atoms with van der Waals surface area (Å²) in [6.07, 6.45) is 7.65. The fourth-order valence-corrected chi connectivity index (χ4v) is 6.89. The van der Waals surface area contributed by atoms with E-state index in [2.05, 4.69) is 88.6 Å². The number of rotatable bonds is 8. The molecule has 1 N–H and O–H groups in total. The number of halogens is 3. The molecule has 4 nitrogen and oxygen atoms in total. The van der Waals surface area contributed by atoms with Gasteiger partial charge in [-0.3, -0.25) is 4.99 Å². The van der Waals surface area contributed by atoms with E-state index in [1.54, 1.807) is 12.1 Å². The Morgan fingerprint density at radius 3 is 2.63 bits per heavy atom. The standard InChI is InChI=1S/C34H29Cl2IN2O2/c1-2-40-32-17-21(16-30(37)34(32)41-20-23-10-13-24(35)18-29(23)36)19-38-25-14-11-22(12-15-25)33-28-8-5-7-26(28)27-6-3-4-9-31(27)39-33/h3-7,9-19,26,28,33,39H,2,8,20H2,1H3/t26-,28-,33+/m1/s1. The highest BCUT2D eigenvalue weighted by Gasteiger charge is 2.37. The van der Waals surface area contributed by atoms with Crippen LogP contribution in [-0.2, 0) is 6.61 Å².